The molecule has 2 amide bonds. The summed E-state index contributed by atoms with van der Waals surface area (Å²) >= 11 is 3.52. The number of amides is 2. The molecular weight excluding hydrogens is 601 g/mol. The lowest BCUT2D eigenvalue weighted by atomic mass is 10.2. The van der Waals surface area contributed by atoms with Crippen LogP contribution in [-0.2, 0) is 4.79 Å². The van der Waals surface area contributed by atoms with E-state index >= 15 is 0 Å². The Morgan fingerprint density at radius 3 is 2.30 bits per heavy atom. The van der Waals surface area contributed by atoms with Gasteiger partial charge in [0.1, 0.15) is 11.4 Å². The van der Waals surface area contributed by atoms with Gasteiger partial charge in [-0.1, -0.05) is 36.4 Å². The van der Waals surface area contributed by atoms with Gasteiger partial charge in [-0.15, -0.1) is 11.3 Å². The largest absolute Gasteiger partial charge is 0.423 e. The summed E-state index contributed by atoms with van der Waals surface area (Å²) in [5, 5.41) is 8.53. The van der Waals surface area contributed by atoms with Gasteiger partial charge in [0.2, 0.25) is 0 Å². The fraction of sp³-hybridized carbons (Fsp3) is 0. The van der Waals surface area contributed by atoms with Crippen molar-refractivity contribution in [3.63, 3.8) is 0 Å². The Labute approximate surface area is 231 Å². The molecule has 4 aromatic rings. The molecule has 0 bridgehead atoms. The van der Waals surface area contributed by atoms with Crippen molar-refractivity contribution in [1.29, 1.82) is 0 Å². The highest BCUT2D eigenvalue weighted by Gasteiger charge is 2.15. The Balaban J connectivity index is 1.39. The smallest absolute Gasteiger partial charge is 0.344 e. The molecule has 0 fully saturated rings. The number of halogens is 1. The van der Waals surface area contributed by atoms with Crippen LogP contribution in [0.3, 0.4) is 0 Å². The number of rotatable bonds is 8. The summed E-state index contributed by atoms with van der Waals surface area (Å²) in [6.45, 7) is 0. The maximum atomic E-state index is 12.8. The highest BCUT2D eigenvalue weighted by molar-refractivity contribution is 14.1. The van der Waals surface area contributed by atoms with Crippen molar-refractivity contribution in [2.24, 2.45) is 5.10 Å². The molecule has 37 heavy (non-hydrogen) atoms. The third-order valence-corrected chi connectivity index (χ3v) is 6.68. The molecule has 0 aliphatic heterocycles. The van der Waals surface area contributed by atoms with E-state index in [1.807, 2.05) is 29.6 Å². The lowest BCUT2D eigenvalue weighted by Gasteiger charge is -2.08. The number of esters is 1. The maximum absolute atomic E-state index is 12.8. The number of hydrazone groups is 1. The topological polar surface area (TPSA) is 96.9 Å². The summed E-state index contributed by atoms with van der Waals surface area (Å²) in [7, 11) is 0. The molecule has 0 aliphatic rings. The fourth-order valence-corrected chi connectivity index (χ4v) is 4.36. The average Bonchev–Trinajstić information content (AvgIpc) is 3.43. The number of hydrogen-bond acceptors (Lipinski definition) is 6. The van der Waals surface area contributed by atoms with Gasteiger partial charge in [0.05, 0.1) is 11.8 Å². The predicted molar refractivity (Wildman–Crippen MR) is 153 cm³/mol. The zero-order valence-electron chi connectivity index (χ0n) is 19.3. The average molecular weight is 621 g/mol. The van der Waals surface area contributed by atoms with Crippen LogP contribution < -0.4 is 15.5 Å². The molecule has 9 heteroatoms. The monoisotopic (exact) mass is 621 g/mol. The van der Waals surface area contributed by atoms with Crippen LogP contribution in [0.15, 0.2) is 107 Å². The molecule has 0 aliphatic carbocycles. The number of carbonyl (C=O) groups excluding carboxylic acids is 3. The summed E-state index contributed by atoms with van der Waals surface area (Å²) in [5.74, 6) is -1.04. The van der Waals surface area contributed by atoms with Crippen LogP contribution in [0.4, 0.5) is 0 Å². The van der Waals surface area contributed by atoms with Gasteiger partial charge in [0.15, 0.2) is 0 Å². The van der Waals surface area contributed by atoms with Gasteiger partial charge in [0, 0.05) is 14.0 Å². The van der Waals surface area contributed by atoms with Gasteiger partial charge < -0.3 is 10.1 Å². The first kappa shape index (κ1) is 26.0. The number of nitrogens with one attached hydrogen (secondary N) is 2. The molecule has 0 saturated heterocycles. The number of carbonyl (C=O) groups is 3. The quantitative estimate of drug-likeness (QED) is 0.0679. The fourth-order valence-electron chi connectivity index (χ4n) is 3.09. The van der Waals surface area contributed by atoms with E-state index in [0.29, 0.717) is 22.4 Å². The van der Waals surface area contributed by atoms with E-state index in [4.69, 9.17) is 4.74 Å². The van der Waals surface area contributed by atoms with E-state index in [0.717, 1.165) is 8.45 Å². The third kappa shape index (κ3) is 7.45. The first-order valence-corrected chi connectivity index (χ1v) is 13.0. The van der Waals surface area contributed by atoms with E-state index in [1.54, 1.807) is 72.8 Å². The summed E-state index contributed by atoms with van der Waals surface area (Å²) in [6, 6.07) is 26.2. The predicted octanol–water partition coefficient (Wildman–Crippen LogP) is 5.49. The maximum Gasteiger partial charge on any atom is 0.344 e. The van der Waals surface area contributed by atoms with Crippen LogP contribution in [0, 0.1) is 3.57 Å². The first-order valence-electron chi connectivity index (χ1n) is 11.0. The molecule has 0 spiro atoms. The molecular formula is C28H20IN3O4S. The Morgan fingerprint density at radius 1 is 0.865 bits per heavy atom. The summed E-state index contributed by atoms with van der Waals surface area (Å²) in [5.41, 5.74) is 4.09. The first-order chi connectivity index (χ1) is 18.0. The molecule has 0 radical (unpaired) electrons. The van der Waals surface area contributed by atoms with Gasteiger partial charge in [0.25, 0.3) is 11.8 Å². The molecule has 1 heterocycles. The summed E-state index contributed by atoms with van der Waals surface area (Å²) < 4.78 is 6.23. The highest BCUT2D eigenvalue weighted by atomic mass is 127. The second-order valence-electron chi connectivity index (χ2n) is 7.53. The molecule has 4 rings (SSSR count). The van der Waals surface area contributed by atoms with Crippen LogP contribution >= 0.6 is 33.9 Å². The molecule has 2 N–H and O–H groups in total. The summed E-state index contributed by atoms with van der Waals surface area (Å²) in [6.07, 6.45) is 3.04. The lowest BCUT2D eigenvalue weighted by Crippen LogP contribution is -2.32. The van der Waals surface area contributed by atoms with E-state index in [-0.39, 0.29) is 5.70 Å². The van der Waals surface area contributed by atoms with Gasteiger partial charge in [-0.05, 0) is 94.2 Å². The highest BCUT2D eigenvalue weighted by Crippen LogP contribution is 2.17. The standard InChI is InChI=1S/C28H20IN3O4S/c29-24-11-5-4-10-23(24)28(35)36-21-14-12-19(13-15-21)18-30-32-27(34)25(17-22-9-6-16-37-22)31-26(33)20-7-2-1-3-8-20/h1-18H,(H,31,33)(H,32,34)/b25-17+,30-18+. The summed E-state index contributed by atoms with van der Waals surface area (Å²) in [4.78, 5) is 38.6. The van der Waals surface area contributed by atoms with Crippen molar-refractivity contribution in [1.82, 2.24) is 10.7 Å². The lowest BCUT2D eigenvalue weighted by molar-refractivity contribution is -0.117. The van der Waals surface area contributed by atoms with Crippen LogP contribution in [0.25, 0.3) is 6.08 Å². The van der Waals surface area contributed by atoms with Crippen LogP contribution in [0.1, 0.15) is 31.2 Å². The van der Waals surface area contributed by atoms with E-state index < -0.39 is 17.8 Å². The molecule has 7 nitrogen and oxygen atoms in total. The number of benzene rings is 3. The minimum absolute atomic E-state index is 0.0613. The van der Waals surface area contributed by atoms with Gasteiger partial charge in [-0.2, -0.15) is 5.10 Å². The molecule has 184 valence electrons. The van der Waals surface area contributed by atoms with E-state index in [2.05, 4.69) is 38.4 Å². The van der Waals surface area contributed by atoms with Crippen molar-refractivity contribution >= 4 is 64.0 Å². The van der Waals surface area contributed by atoms with Crippen LogP contribution in [0.2, 0.25) is 0 Å². The third-order valence-electron chi connectivity index (χ3n) is 4.92. The number of nitrogens with zero attached hydrogens (tertiary/aromatic N) is 1. The van der Waals surface area contributed by atoms with Gasteiger partial charge in [-0.25, -0.2) is 10.2 Å². The van der Waals surface area contributed by atoms with Crippen molar-refractivity contribution in [2.75, 3.05) is 0 Å². The molecule has 0 unspecified atom stereocenters. The van der Waals surface area contributed by atoms with E-state index in [9.17, 15) is 14.4 Å². The SMILES string of the molecule is O=C(N/N=C/c1ccc(OC(=O)c2ccccc2I)cc1)/C(=C\c1cccs1)NC(=O)c1ccccc1. The Bertz CT molecular complexity index is 1450. The number of thiophene rings is 1. The van der Waals surface area contributed by atoms with Crippen LogP contribution in [-0.4, -0.2) is 24.0 Å². The Kier molecular flexibility index (Phi) is 8.95. The van der Waals surface area contributed by atoms with E-state index in [1.165, 1.54) is 17.6 Å². The molecule has 1 aromatic heterocycles. The second-order valence-corrected chi connectivity index (χ2v) is 9.67. The molecule has 3 aromatic carbocycles. The normalized spacial score (nSPS) is 11.2. The number of ether oxygens (including phenoxy) is 1. The van der Waals surface area contributed by atoms with Crippen LogP contribution in [0.5, 0.6) is 5.75 Å². The Hall–Kier alpha value is -4.09. The van der Waals surface area contributed by atoms with Crippen molar-refractivity contribution in [3.8, 4) is 5.75 Å². The number of hydrogen-bond donors (Lipinski definition) is 2. The molecule has 0 saturated carbocycles. The zero-order valence-corrected chi connectivity index (χ0v) is 22.2. The second kappa shape index (κ2) is 12.7. The minimum Gasteiger partial charge on any atom is -0.423 e. The Morgan fingerprint density at radius 2 is 1.59 bits per heavy atom. The zero-order chi connectivity index (χ0) is 26.0. The van der Waals surface area contributed by atoms with Crippen molar-refractivity contribution in [3.05, 3.63) is 127 Å². The van der Waals surface area contributed by atoms with Gasteiger partial charge >= 0.3 is 5.97 Å². The van der Waals surface area contributed by atoms with Crippen molar-refractivity contribution < 1.29 is 19.1 Å². The minimum atomic E-state index is -0.572. The molecule has 0 atom stereocenters. The van der Waals surface area contributed by atoms with Gasteiger partial charge in [-0.3, -0.25) is 9.59 Å². The van der Waals surface area contributed by atoms with Crippen molar-refractivity contribution in [2.45, 2.75) is 0 Å².